The lowest BCUT2D eigenvalue weighted by Crippen LogP contribution is -2.28. The number of rotatable bonds is 2. The maximum atomic E-state index is 6.39. The van der Waals surface area contributed by atoms with Crippen molar-refractivity contribution in [2.75, 3.05) is 13.1 Å². The summed E-state index contributed by atoms with van der Waals surface area (Å²) in [7, 11) is 0. The molecule has 1 aromatic rings. The third kappa shape index (κ3) is 2.31. The lowest BCUT2D eigenvalue weighted by Gasteiger charge is -2.24. The molecule has 1 fully saturated rings. The number of nitrogens with zero attached hydrogens (tertiary/aromatic N) is 3. The van der Waals surface area contributed by atoms with Crippen molar-refractivity contribution in [2.24, 2.45) is 0 Å². The average Bonchev–Trinajstić information content (AvgIpc) is 2.95. The zero-order chi connectivity index (χ0) is 13.6. The van der Waals surface area contributed by atoms with E-state index < -0.39 is 0 Å². The standard InChI is InChI=1S/C15H24ClN3/c1-10(2)18-8-6-12(9-18)15-17-14(16)13-11(3)5-4-7-19(13)15/h10-12H,4-9H2,1-3H3. The first-order valence-electron chi connectivity index (χ1n) is 7.57. The Morgan fingerprint density at radius 1 is 1.26 bits per heavy atom. The topological polar surface area (TPSA) is 21.1 Å². The van der Waals surface area contributed by atoms with Gasteiger partial charge in [0.05, 0.1) is 5.69 Å². The van der Waals surface area contributed by atoms with Crippen molar-refractivity contribution in [1.29, 1.82) is 0 Å². The van der Waals surface area contributed by atoms with Crippen LogP contribution in [0.3, 0.4) is 0 Å². The Morgan fingerprint density at radius 2 is 2.05 bits per heavy atom. The maximum Gasteiger partial charge on any atom is 0.150 e. The first-order valence-corrected chi connectivity index (χ1v) is 7.95. The van der Waals surface area contributed by atoms with E-state index in [2.05, 4.69) is 30.2 Å². The average molecular weight is 282 g/mol. The lowest BCUT2D eigenvalue weighted by molar-refractivity contribution is 0.271. The first kappa shape index (κ1) is 13.4. The van der Waals surface area contributed by atoms with Gasteiger partial charge in [-0.1, -0.05) is 18.5 Å². The van der Waals surface area contributed by atoms with Crippen LogP contribution in [-0.4, -0.2) is 33.6 Å². The molecule has 106 valence electrons. The van der Waals surface area contributed by atoms with Crippen LogP contribution in [0.5, 0.6) is 0 Å². The molecular weight excluding hydrogens is 258 g/mol. The summed E-state index contributed by atoms with van der Waals surface area (Å²) >= 11 is 6.39. The normalized spacial score (nSPS) is 28.1. The molecule has 19 heavy (non-hydrogen) atoms. The zero-order valence-electron chi connectivity index (χ0n) is 12.2. The minimum Gasteiger partial charge on any atom is -0.330 e. The molecule has 1 aromatic heterocycles. The summed E-state index contributed by atoms with van der Waals surface area (Å²) in [6.45, 7) is 10.3. The van der Waals surface area contributed by atoms with Crippen molar-refractivity contribution in [3.63, 3.8) is 0 Å². The third-order valence-corrected chi connectivity index (χ3v) is 5.07. The van der Waals surface area contributed by atoms with Gasteiger partial charge in [0, 0.05) is 25.0 Å². The summed E-state index contributed by atoms with van der Waals surface area (Å²) in [4.78, 5) is 7.27. The molecule has 3 rings (SSSR count). The summed E-state index contributed by atoms with van der Waals surface area (Å²) < 4.78 is 2.42. The molecule has 0 bridgehead atoms. The van der Waals surface area contributed by atoms with Crippen molar-refractivity contribution >= 4 is 11.6 Å². The van der Waals surface area contributed by atoms with E-state index in [0.29, 0.717) is 17.9 Å². The highest BCUT2D eigenvalue weighted by atomic mass is 35.5. The van der Waals surface area contributed by atoms with Gasteiger partial charge in [0.25, 0.3) is 0 Å². The Hall–Kier alpha value is -0.540. The summed E-state index contributed by atoms with van der Waals surface area (Å²) in [5.74, 6) is 2.37. The van der Waals surface area contributed by atoms with Gasteiger partial charge in [0.1, 0.15) is 5.82 Å². The van der Waals surface area contributed by atoms with Crippen LogP contribution in [0.15, 0.2) is 0 Å². The molecule has 1 saturated heterocycles. The number of aromatic nitrogens is 2. The Bertz CT molecular complexity index is 466. The Kier molecular flexibility index (Phi) is 3.61. The quantitative estimate of drug-likeness (QED) is 0.825. The van der Waals surface area contributed by atoms with Gasteiger partial charge in [-0.15, -0.1) is 0 Å². The molecule has 0 radical (unpaired) electrons. The molecule has 2 aliphatic rings. The van der Waals surface area contributed by atoms with Gasteiger partial charge in [-0.2, -0.15) is 0 Å². The smallest absolute Gasteiger partial charge is 0.150 e. The minimum absolute atomic E-state index is 0.560. The van der Waals surface area contributed by atoms with Crippen molar-refractivity contribution in [3.05, 3.63) is 16.7 Å². The van der Waals surface area contributed by atoms with Crippen LogP contribution >= 0.6 is 11.6 Å². The molecule has 3 heterocycles. The maximum absolute atomic E-state index is 6.39. The molecule has 0 saturated carbocycles. The van der Waals surface area contributed by atoms with E-state index in [9.17, 15) is 0 Å². The Balaban J connectivity index is 1.88. The first-order chi connectivity index (χ1) is 9.08. The number of imidazole rings is 1. The van der Waals surface area contributed by atoms with Crippen molar-refractivity contribution in [1.82, 2.24) is 14.5 Å². The van der Waals surface area contributed by atoms with Crippen LogP contribution in [0.25, 0.3) is 0 Å². The molecule has 0 aromatic carbocycles. The molecule has 0 aliphatic carbocycles. The molecule has 2 unspecified atom stereocenters. The van der Waals surface area contributed by atoms with Gasteiger partial charge in [-0.05, 0) is 45.6 Å². The molecular formula is C15H24ClN3. The fraction of sp³-hybridized carbons (Fsp3) is 0.800. The van der Waals surface area contributed by atoms with E-state index >= 15 is 0 Å². The third-order valence-electron chi connectivity index (χ3n) is 4.79. The van der Waals surface area contributed by atoms with Gasteiger partial charge < -0.3 is 9.47 Å². The second kappa shape index (κ2) is 5.10. The minimum atomic E-state index is 0.560. The second-order valence-electron chi connectivity index (χ2n) is 6.42. The van der Waals surface area contributed by atoms with Crippen molar-refractivity contribution < 1.29 is 0 Å². The predicted molar refractivity (Wildman–Crippen MR) is 79.0 cm³/mol. The molecule has 3 nitrogen and oxygen atoms in total. The molecule has 4 heteroatoms. The fourth-order valence-corrected chi connectivity index (χ4v) is 4.00. The van der Waals surface area contributed by atoms with Crippen LogP contribution in [0.4, 0.5) is 0 Å². The van der Waals surface area contributed by atoms with Gasteiger partial charge in [-0.3, -0.25) is 0 Å². The van der Waals surface area contributed by atoms with Crippen LogP contribution in [0.2, 0.25) is 5.15 Å². The van der Waals surface area contributed by atoms with Crippen molar-refractivity contribution in [3.8, 4) is 0 Å². The molecule has 0 amide bonds. The number of halogens is 1. The highest BCUT2D eigenvalue weighted by molar-refractivity contribution is 6.30. The fourth-order valence-electron chi connectivity index (χ4n) is 3.63. The molecule has 2 aliphatic heterocycles. The van der Waals surface area contributed by atoms with Gasteiger partial charge in [-0.25, -0.2) is 4.98 Å². The van der Waals surface area contributed by atoms with Gasteiger partial charge in [0.15, 0.2) is 5.15 Å². The predicted octanol–water partition coefficient (Wildman–Crippen LogP) is 3.63. The second-order valence-corrected chi connectivity index (χ2v) is 6.77. The summed E-state index contributed by atoms with van der Waals surface area (Å²) in [6.07, 6.45) is 3.72. The van der Waals surface area contributed by atoms with E-state index in [0.717, 1.165) is 18.2 Å². The zero-order valence-corrected chi connectivity index (χ0v) is 13.0. The molecule has 2 atom stereocenters. The SMILES string of the molecule is CC1CCCn2c(C3CCN(C(C)C)C3)nc(Cl)c21. The number of likely N-dealkylation sites (tertiary alicyclic amines) is 1. The monoisotopic (exact) mass is 281 g/mol. The van der Waals surface area contributed by atoms with E-state index in [1.54, 1.807) is 0 Å². The van der Waals surface area contributed by atoms with Gasteiger partial charge in [0.2, 0.25) is 0 Å². The van der Waals surface area contributed by atoms with E-state index in [1.165, 1.54) is 37.3 Å². The van der Waals surface area contributed by atoms with Crippen LogP contribution in [0, 0.1) is 0 Å². The largest absolute Gasteiger partial charge is 0.330 e. The summed E-state index contributed by atoms with van der Waals surface area (Å²) in [5, 5.41) is 0.755. The van der Waals surface area contributed by atoms with E-state index in [4.69, 9.17) is 16.6 Å². The number of hydrogen-bond donors (Lipinski definition) is 0. The van der Waals surface area contributed by atoms with Crippen molar-refractivity contribution in [2.45, 2.75) is 64.5 Å². The van der Waals surface area contributed by atoms with Crippen LogP contribution in [-0.2, 0) is 6.54 Å². The summed E-state index contributed by atoms with van der Waals surface area (Å²) in [6, 6.07) is 0.634. The molecule has 0 spiro atoms. The molecule has 0 N–H and O–H groups in total. The highest BCUT2D eigenvalue weighted by Gasteiger charge is 2.32. The van der Waals surface area contributed by atoms with Crippen LogP contribution < -0.4 is 0 Å². The van der Waals surface area contributed by atoms with E-state index in [-0.39, 0.29) is 0 Å². The van der Waals surface area contributed by atoms with E-state index in [1.807, 2.05) is 0 Å². The Morgan fingerprint density at radius 3 is 2.74 bits per heavy atom. The summed E-state index contributed by atoms with van der Waals surface area (Å²) in [5.41, 5.74) is 1.28. The highest BCUT2D eigenvalue weighted by Crippen LogP contribution is 2.37. The number of hydrogen-bond acceptors (Lipinski definition) is 2. The van der Waals surface area contributed by atoms with Gasteiger partial charge >= 0.3 is 0 Å². The van der Waals surface area contributed by atoms with Crippen LogP contribution in [0.1, 0.15) is 63.4 Å². The Labute approximate surface area is 121 Å². The lowest BCUT2D eigenvalue weighted by atomic mass is 9.98. The number of fused-ring (bicyclic) bond motifs is 1.